The number of anilines is 2. The molecular formula is C12H11N3O4S. The first kappa shape index (κ1) is 13.8. The minimum absolute atomic E-state index is 0.0309. The van der Waals surface area contributed by atoms with E-state index in [1.807, 2.05) is 0 Å². The van der Waals surface area contributed by atoms with E-state index in [0.717, 1.165) is 24.3 Å². The molecule has 20 heavy (non-hydrogen) atoms. The Morgan fingerprint density at radius 3 is 1.90 bits per heavy atom. The number of hydrogen-bond donors (Lipinski definition) is 2. The highest BCUT2D eigenvalue weighted by molar-refractivity contribution is 7.91. The number of hydrogen-bond acceptors (Lipinski definition) is 6. The van der Waals surface area contributed by atoms with E-state index in [1.54, 1.807) is 6.07 Å². The summed E-state index contributed by atoms with van der Waals surface area (Å²) in [6.07, 6.45) is 0. The number of nitrogen functional groups attached to an aromatic ring is 2. The summed E-state index contributed by atoms with van der Waals surface area (Å²) in [5, 5.41) is 10.6. The Labute approximate surface area is 114 Å². The molecule has 104 valence electrons. The minimum Gasteiger partial charge on any atom is -0.398 e. The van der Waals surface area contributed by atoms with Crippen LogP contribution in [0.5, 0.6) is 0 Å². The molecule has 0 aliphatic heterocycles. The number of nitro benzene ring substituents is 1. The predicted octanol–water partition coefficient (Wildman–Crippen LogP) is 1.59. The molecule has 0 fully saturated rings. The van der Waals surface area contributed by atoms with E-state index in [1.165, 1.54) is 12.1 Å². The molecule has 2 aromatic carbocycles. The van der Waals surface area contributed by atoms with Crippen LogP contribution in [-0.4, -0.2) is 13.3 Å². The molecule has 0 spiro atoms. The fourth-order valence-corrected chi connectivity index (χ4v) is 3.24. The molecule has 0 unspecified atom stereocenters. The van der Waals surface area contributed by atoms with Gasteiger partial charge in [-0.15, -0.1) is 0 Å². The Bertz CT molecular complexity index is 750. The molecule has 0 atom stereocenters. The van der Waals surface area contributed by atoms with Gasteiger partial charge in [-0.25, -0.2) is 8.42 Å². The quantitative estimate of drug-likeness (QED) is 0.502. The van der Waals surface area contributed by atoms with Crippen molar-refractivity contribution in [1.29, 1.82) is 0 Å². The van der Waals surface area contributed by atoms with E-state index < -0.39 is 14.8 Å². The second-order valence-electron chi connectivity index (χ2n) is 4.02. The highest BCUT2D eigenvalue weighted by Gasteiger charge is 2.23. The lowest BCUT2D eigenvalue weighted by Gasteiger charge is -2.10. The van der Waals surface area contributed by atoms with Crippen LogP contribution in [0.1, 0.15) is 0 Å². The fraction of sp³-hybridized carbons (Fsp3) is 0. The Morgan fingerprint density at radius 2 is 1.45 bits per heavy atom. The van der Waals surface area contributed by atoms with Crippen molar-refractivity contribution in [2.24, 2.45) is 0 Å². The van der Waals surface area contributed by atoms with Gasteiger partial charge in [-0.3, -0.25) is 10.1 Å². The Hall–Kier alpha value is -2.61. The SMILES string of the molecule is Nc1cccc(N)c1S(=O)(=O)c1ccc([N+](=O)[O-])cc1. The number of benzene rings is 2. The summed E-state index contributed by atoms with van der Waals surface area (Å²) in [6.45, 7) is 0. The lowest BCUT2D eigenvalue weighted by atomic mass is 10.3. The van der Waals surface area contributed by atoms with Crippen molar-refractivity contribution in [2.75, 3.05) is 11.5 Å². The molecule has 0 bridgehead atoms. The summed E-state index contributed by atoms with van der Waals surface area (Å²) in [5.41, 5.74) is 11.2. The molecule has 0 heterocycles. The highest BCUT2D eigenvalue weighted by Crippen LogP contribution is 2.31. The smallest absolute Gasteiger partial charge is 0.269 e. The molecule has 0 radical (unpaired) electrons. The molecular weight excluding hydrogens is 282 g/mol. The molecule has 0 saturated heterocycles. The summed E-state index contributed by atoms with van der Waals surface area (Å²) >= 11 is 0. The molecule has 0 aliphatic carbocycles. The topological polar surface area (TPSA) is 129 Å². The first-order chi connectivity index (χ1) is 9.34. The van der Waals surface area contributed by atoms with Gasteiger partial charge in [-0.1, -0.05) is 6.07 Å². The van der Waals surface area contributed by atoms with E-state index in [-0.39, 0.29) is 26.9 Å². The molecule has 2 rings (SSSR count). The maximum atomic E-state index is 12.4. The average molecular weight is 293 g/mol. The number of nitrogens with two attached hydrogens (primary N) is 2. The number of sulfone groups is 1. The van der Waals surface area contributed by atoms with Crippen molar-refractivity contribution in [3.8, 4) is 0 Å². The van der Waals surface area contributed by atoms with Crippen LogP contribution >= 0.6 is 0 Å². The first-order valence-corrected chi connectivity index (χ1v) is 6.96. The Balaban J connectivity index is 2.58. The van der Waals surface area contributed by atoms with Crippen molar-refractivity contribution in [3.63, 3.8) is 0 Å². The third kappa shape index (κ3) is 2.28. The maximum Gasteiger partial charge on any atom is 0.269 e. The van der Waals surface area contributed by atoms with Gasteiger partial charge in [0.2, 0.25) is 9.84 Å². The molecule has 0 amide bonds. The van der Waals surface area contributed by atoms with E-state index in [2.05, 4.69) is 0 Å². The van der Waals surface area contributed by atoms with Crippen LogP contribution in [-0.2, 0) is 9.84 Å². The van der Waals surface area contributed by atoms with Crippen LogP contribution in [0.3, 0.4) is 0 Å². The molecule has 2 aromatic rings. The zero-order valence-electron chi connectivity index (χ0n) is 10.2. The lowest BCUT2D eigenvalue weighted by Crippen LogP contribution is -2.09. The van der Waals surface area contributed by atoms with Crippen LogP contribution in [0.25, 0.3) is 0 Å². The van der Waals surface area contributed by atoms with Crippen molar-refractivity contribution in [3.05, 3.63) is 52.6 Å². The Morgan fingerprint density at radius 1 is 0.950 bits per heavy atom. The van der Waals surface area contributed by atoms with Gasteiger partial charge in [0.05, 0.1) is 21.2 Å². The third-order valence-corrected chi connectivity index (χ3v) is 4.60. The van der Waals surface area contributed by atoms with Gasteiger partial charge in [-0.05, 0) is 24.3 Å². The van der Waals surface area contributed by atoms with Crippen molar-refractivity contribution < 1.29 is 13.3 Å². The van der Waals surface area contributed by atoms with E-state index in [4.69, 9.17) is 11.5 Å². The van der Waals surface area contributed by atoms with Crippen LogP contribution in [0.15, 0.2) is 52.3 Å². The van der Waals surface area contributed by atoms with E-state index >= 15 is 0 Å². The van der Waals surface area contributed by atoms with Gasteiger partial charge >= 0.3 is 0 Å². The van der Waals surface area contributed by atoms with Crippen LogP contribution < -0.4 is 11.5 Å². The van der Waals surface area contributed by atoms with Gasteiger partial charge in [0.25, 0.3) is 5.69 Å². The molecule has 0 aliphatic rings. The number of nitro groups is 1. The lowest BCUT2D eigenvalue weighted by molar-refractivity contribution is -0.384. The molecule has 0 aromatic heterocycles. The Kier molecular flexibility index (Phi) is 3.33. The summed E-state index contributed by atoms with van der Waals surface area (Å²) < 4.78 is 24.9. The van der Waals surface area contributed by atoms with Gasteiger partial charge in [0, 0.05) is 12.1 Å². The largest absolute Gasteiger partial charge is 0.398 e. The number of non-ortho nitro benzene ring substituents is 1. The van der Waals surface area contributed by atoms with Crippen LogP contribution in [0.4, 0.5) is 17.1 Å². The molecule has 4 N–H and O–H groups in total. The van der Waals surface area contributed by atoms with Gasteiger partial charge in [0.15, 0.2) is 0 Å². The second-order valence-corrected chi connectivity index (χ2v) is 5.91. The minimum atomic E-state index is -3.92. The normalized spacial score (nSPS) is 11.2. The summed E-state index contributed by atoms with van der Waals surface area (Å²) in [6, 6.07) is 8.92. The van der Waals surface area contributed by atoms with Crippen LogP contribution in [0.2, 0.25) is 0 Å². The summed E-state index contributed by atoms with van der Waals surface area (Å²) in [7, 11) is -3.92. The van der Waals surface area contributed by atoms with E-state index in [0.29, 0.717) is 0 Å². The maximum absolute atomic E-state index is 12.4. The van der Waals surface area contributed by atoms with Crippen molar-refractivity contribution in [2.45, 2.75) is 9.79 Å². The van der Waals surface area contributed by atoms with Crippen LogP contribution in [0, 0.1) is 10.1 Å². The van der Waals surface area contributed by atoms with Gasteiger partial charge in [0.1, 0.15) is 4.90 Å². The van der Waals surface area contributed by atoms with Crippen molar-refractivity contribution >= 4 is 26.9 Å². The number of nitrogens with zero attached hydrogens (tertiary/aromatic N) is 1. The number of rotatable bonds is 3. The predicted molar refractivity (Wildman–Crippen MR) is 73.8 cm³/mol. The summed E-state index contributed by atoms with van der Waals surface area (Å²) in [5.74, 6) is 0. The average Bonchev–Trinajstić information content (AvgIpc) is 2.38. The standard InChI is InChI=1S/C12H11N3O4S/c13-10-2-1-3-11(14)12(10)20(18,19)9-6-4-8(5-7-9)15(16)17/h1-7H,13-14H2. The van der Waals surface area contributed by atoms with Gasteiger partial charge in [-0.2, -0.15) is 0 Å². The zero-order chi connectivity index (χ0) is 14.9. The fourth-order valence-electron chi connectivity index (χ4n) is 1.75. The van der Waals surface area contributed by atoms with E-state index in [9.17, 15) is 18.5 Å². The third-order valence-electron chi connectivity index (χ3n) is 2.70. The first-order valence-electron chi connectivity index (χ1n) is 5.47. The highest BCUT2D eigenvalue weighted by atomic mass is 32.2. The summed E-state index contributed by atoms with van der Waals surface area (Å²) in [4.78, 5) is 9.66. The van der Waals surface area contributed by atoms with Gasteiger partial charge < -0.3 is 11.5 Å². The monoisotopic (exact) mass is 293 g/mol. The molecule has 8 heteroatoms. The molecule has 0 saturated carbocycles. The second kappa shape index (κ2) is 4.82. The van der Waals surface area contributed by atoms with Crippen molar-refractivity contribution in [1.82, 2.24) is 0 Å². The zero-order valence-corrected chi connectivity index (χ0v) is 11.0. The molecule has 7 nitrogen and oxygen atoms in total.